The number of ether oxygens (including phenoxy) is 2. The molecule has 0 saturated heterocycles. The van der Waals surface area contributed by atoms with Gasteiger partial charge in [-0.05, 0) is 43.5 Å². The number of hydrogen-bond acceptors (Lipinski definition) is 6. The Kier molecular flexibility index (Phi) is 7.14. The number of fused-ring (bicyclic) bond motifs is 1. The summed E-state index contributed by atoms with van der Waals surface area (Å²) in [5, 5.41) is 3.55. The predicted octanol–water partition coefficient (Wildman–Crippen LogP) is 3.60. The molecule has 0 spiro atoms. The highest BCUT2D eigenvalue weighted by atomic mass is 79.9. The molecule has 30 heavy (non-hydrogen) atoms. The van der Waals surface area contributed by atoms with Gasteiger partial charge in [-0.1, -0.05) is 15.9 Å². The fourth-order valence-corrected chi connectivity index (χ4v) is 4.67. The summed E-state index contributed by atoms with van der Waals surface area (Å²) >= 11 is 5.04. The van der Waals surface area contributed by atoms with E-state index >= 15 is 0 Å². The minimum atomic E-state index is -0.114. The highest BCUT2D eigenvalue weighted by Crippen LogP contribution is 2.33. The topological polar surface area (TPSA) is 82.5 Å². The molecule has 0 aliphatic heterocycles. The summed E-state index contributed by atoms with van der Waals surface area (Å²) in [6.45, 7) is 4.68. The first-order chi connectivity index (χ1) is 14.3. The highest BCUT2D eigenvalue weighted by molar-refractivity contribution is 9.10. The van der Waals surface area contributed by atoms with Crippen molar-refractivity contribution in [3.63, 3.8) is 0 Å². The van der Waals surface area contributed by atoms with Crippen LogP contribution >= 0.6 is 27.3 Å². The third-order valence-electron chi connectivity index (χ3n) is 5.00. The average molecular weight is 494 g/mol. The quantitative estimate of drug-likeness (QED) is 0.518. The lowest BCUT2D eigenvalue weighted by Crippen LogP contribution is -2.29. The van der Waals surface area contributed by atoms with Gasteiger partial charge < -0.3 is 14.8 Å². The Hall–Kier alpha value is -2.39. The van der Waals surface area contributed by atoms with E-state index in [0.717, 1.165) is 25.3 Å². The Bertz CT molecular complexity index is 1140. The van der Waals surface area contributed by atoms with E-state index < -0.39 is 0 Å². The van der Waals surface area contributed by atoms with Crippen LogP contribution in [0.25, 0.3) is 10.2 Å². The van der Waals surface area contributed by atoms with E-state index in [0.29, 0.717) is 36.4 Å². The number of carbonyl (C=O) groups excluding carboxylic acids is 1. The van der Waals surface area contributed by atoms with Crippen molar-refractivity contribution in [2.75, 3.05) is 20.8 Å². The van der Waals surface area contributed by atoms with Gasteiger partial charge in [-0.15, -0.1) is 11.3 Å². The lowest BCUT2D eigenvalue weighted by atomic mass is 10.1. The zero-order valence-electron chi connectivity index (χ0n) is 17.4. The molecule has 9 heteroatoms. The first-order valence-corrected chi connectivity index (χ1v) is 11.1. The number of aryl methyl sites for hydroxylation is 3. The van der Waals surface area contributed by atoms with Crippen molar-refractivity contribution in [3.8, 4) is 11.5 Å². The van der Waals surface area contributed by atoms with Crippen LogP contribution in [0.2, 0.25) is 0 Å². The molecule has 0 bridgehead atoms. The first-order valence-electron chi connectivity index (χ1n) is 9.48. The summed E-state index contributed by atoms with van der Waals surface area (Å²) in [7, 11) is 3.17. The minimum Gasteiger partial charge on any atom is -0.493 e. The number of benzene rings is 1. The molecule has 0 unspecified atom stereocenters. The van der Waals surface area contributed by atoms with E-state index in [1.54, 1.807) is 14.2 Å². The molecule has 7 nitrogen and oxygen atoms in total. The lowest BCUT2D eigenvalue weighted by Gasteiger charge is -2.12. The second kappa shape index (κ2) is 9.61. The van der Waals surface area contributed by atoms with E-state index in [4.69, 9.17) is 9.47 Å². The maximum Gasteiger partial charge on any atom is 0.262 e. The van der Waals surface area contributed by atoms with Gasteiger partial charge in [0.15, 0.2) is 11.5 Å². The normalized spacial score (nSPS) is 11.0. The second-order valence-corrected chi connectivity index (χ2v) is 8.91. The summed E-state index contributed by atoms with van der Waals surface area (Å²) < 4.78 is 13.0. The summed E-state index contributed by atoms with van der Waals surface area (Å²) in [5.41, 5.74) is 1.87. The van der Waals surface area contributed by atoms with Gasteiger partial charge in [0, 0.05) is 28.9 Å². The minimum absolute atomic E-state index is 0.0936. The Morgan fingerprint density at radius 3 is 2.63 bits per heavy atom. The fraction of sp³-hybridized carbons (Fsp3) is 0.381. The number of methoxy groups -OCH3 is 2. The highest BCUT2D eigenvalue weighted by Gasteiger charge is 2.13. The second-order valence-electron chi connectivity index (χ2n) is 6.86. The Morgan fingerprint density at radius 2 is 1.93 bits per heavy atom. The molecular weight excluding hydrogens is 470 g/mol. The molecule has 2 heterocycles. The van der Waals surface area contributed by atoms with Crippen LogP contribution in [0.1, 0.15) is 22.4 Å². The van der Waals surface area contributed by atoms with Gasteiger partial charge in [0.1, 0.15) is 4.83 Å². The van der Waals surface area contributed by atoms with E-state index in [2.05, 4.69) is 26.2 Å². The third kappa shape index (κ3) is 4.67. The van der Waals surface area contributed by atoms with E-state index in [-0.39, 0.29) is 17.9 Å². The Balaban J connectivity index is 1.57. The average Bonchev–Trinajstić information content (AvgIpc) is 3.02. The van der Waals surface area contributed by atoms with Crippen LogP contribution in [0.15, 0.2) is 27.7 Å². The van der Waals surface area contributed by atoms with Crippen LogP contribution in [0, 0.1) is 13.8 Å². The van der Waals surface area contributed by atoms with E-state index in [1.807, 2.05) is 26.0 Å². The van der Waals surface area contributed by atoms with Gasteiger partial charge in [0.05, 0.1) is 25.9 Å². The fourth-order valence-electron chi connectivity index (χ4n) is 3.16. The molecule has 160 valence electrons. The van der Waals surface area contributed by atoms with Gasteiger partial charge >= 0.3 is 0 Å². The molecule has 0 atom stereocenters. The zero-order chi connectivity index (χ0) is 21.8. The number of nitrogens with zero attached hydrogens (tertiary/aromatic N) is 2. The van der Waals surface area contributed by atoms with Gasteiger partial charge in [0.2, 0.25) is 5.91 Å². The van der Waals surface area contributed by atoms with E-state index in [9.17, 15) is 9.59 Å². The summed E-state index contributed by atoms with van der Waals surface area (Å²) in [6, 6.07) is 3.74. The zero-order valence-corrected chi connectivity index (χ0v) is 19.8. The monoisotopic (exact) mass is 493 g/mol. The van der Waals surface area contributed by atoms with Crippen molar-refractivity contribution in [1.82, 2.24) is 14.9 Å². The molecule has 1 N–H and O–H groups in total. The number of carbonyl (C=O) groups is 1. The van der Waals surface area contributed by atoms with Gasteiger partial charge in [-0.2, -0.15) is 0 Å². The first kappa shape index (κ1) is 22.3. The number of nitrogens with one attached hydrogen (secondary N) is 1. The van der Waals surface area contributed by atoms with Gasteiger partial charge in [-0.25, -0.2) is 4.98 Å². The molecule has 0 fully saturated rings. The number of thiophene rings is 1. The Morgan fingerprint density at radius 1 is 1.23 bits per heavy atom. The van der Waals surface area contributed by atoms with Crippen molar-refractivity contribution in [2.24, 2.45) is 0 Å². The number of aromatic nitrogens is 2. The van der Waals surface area contributed by atoms with Crippen molar-refractivity contribution in [2.45, 2.75) is 33.2 Å². The molecule has 2 aromatic heterocycles. The summed E-state index contributed by atoms with van der Waals surface area (Å²) in [4.78, 5) is 31.2. The molecule has 0 aliphatic rings. The van der Waals surface area contributed by atoms with Crippen LogP contribution in [0.5, 0.6) is 11.5 Å². The van der Waals surface area contributed by atoms with Gasteiger partial charge in [-0.3, -0.25) is 14.2 Å². The Labute approximate surface area is 187 Å². The third-order valence-corrected chi connectivity index (χ3v) is 6.86. The van der Waals surface area contributed by atoms with E-state index in [1.165, 1.54) is 22.2 Å². The molecule has 3 aromatic rings. The smallest absolute Gasteiger partial charge is 0.262 e. The largest absolute Gasteiger partial charge is 0.493 e. The summed E-state index contributed by atoms with van der Waals surface area (Å²) in [5.74, 6) is 1.17. The maximum absolute atomic E-state index is 12.7. The number of halogens is 1. The van der Waals surface area contributed by atoms with Crippen molar-refractivity contribution >= 4 is 43.4 Å². The number of amides is 1. The molecule has 3 rings (SSSR count). The number of hydrogen-bond donors (Lipinski definition) is 1. The molecular formula is C21H24BrN3O4S. The SMILES string of the molecule is COc1cc(Br)c(CCNC(=O)CCn2cnc3sc(C)c(C)c3c2=O)cc1OC. The molecule has 0 aliphatic carbocycles. The standard InChI is InChI=1S/C21H24BrN3O4S/c1-12-13(2)30-20-19(12)21(27)25(11-24-20)8-6-18(26)23-7-5-14-9-16(28-3)17(29-4)10-15(14)22/h9-11H,5-8H2,1-4H3,(H,23,26). The van der Waals surface area contributed by atoms with Crippen LogP contribution < -0.4 is 20.3 Å². The predicted molar refractivity (Wildman–Crippen MR) is 122 cm³/mol. The maximum atomic E-state index is 12.7. The van der Waals surface area contributed by atoms with Crippen molar-refractivity contribution < 1.29 is 14.3 Å². The van der Waals surface area contributed by atoms with Crippen LogP contribution in [-0.2, 0) is 17.8 Å². The molecule has 1 aromatic carbocycles. The van der Waals surface area contributed by atoms with Crippen molar-refractivity contribution in [3.05, 3.63) is 49.3 Å². The summed E-state index contributed by atoms with van der Waals surface area (Å²) in [6.07, 6.45) is 2.37. The molecule has 1 amide bonds. The molecule has 0 radical (unpaired) electrons. The van der Waals surface area contributed by atoms with Gasteiger partial charge in [0.25, 0.3) is 5.56 Å². The number of rotatable bonds is 8. The molecule has 0 saturated carbocycles. The van der Waals surface area contributed by atoms with Crippen LogP contribution in [0.4, 0.5) is 0 Å². The van der Waals surface area contributed by atoms with Crippen LogP contribution in [-0.4, -0.2) is 36.2 Å². The van der Waals surface area contributed by atoms with Crippen LogP contribution in [0.3, 0.4) is 0 Å². The lowest BCUT2D eigenvalue weighted by molar-refractivity contribution is -0.121. The van der Waals surface area contributed by atoms with Crippen molar-refractivity contribution in [1.29, 1.82) is 0 Å².